The van der Waals surface area contributed by atoms with E-state index in [0.717, 1.165) is 27.0 Å². The molecule has 4 rings (SSSR count). The van der Waals surface area contributed by atoms with Gasteiger partial charge in [0.2, 0.25) is 0 Å². The second-order valence-corrected chi connectivity index (χ2v) is 7.17. The van der Waals surface area contributed by atoms with Crippen LogP contribution in [0.3, 0.4) is 0 Å². The van der Waals surface area contributed by atoms with Crippen molar-refractivity contribution in [1.29, 1.82) is 0 Å². The number of thiophene rings is 1. The topological polar surface area (TPSA) is 60.1 Å². The van der Waals surface area contributed by atoms with E-state index < -0.39 is 0 Å². The van der Waals surface area contributed by atoms with Crippen LogP contribution in [0.4, 0.5) is 0 Å². The lowest BCUT2D eigenvalue weighted by molar-refractivity contribution is 0.819. The highest BCUT2D eigenvalue weighted by atomic mass is 35.5. The lowest BCUT2D eigenvalue weighted by Gasteiger charge is -1.99. The van der Waals surface area contributed by atoms with Crippen LogP contribution in [0.5, 0.6) is 0 Å². The van der Waals surface area contributed by atoms with Crippen molar-refractivity contribution in [2.75, 3.05) is 0 Å². The monoisotopic (exact) mass is 368 g/mol. The molecule has 0 unspecified atom stereocenters. The predicted molar refractivity (Wildman–Crippen MR) is 103 cm³/mol. The first kappa shape index (κ1) is 15.9. The summed E-state index contributed by atoms with van der Waals surface area (Å²) in [5.41, 5.74) is 3.34. The number of aryl methyl sites for hydroxylation is 2. The zero-order valence-corrected chi connectivity index (χ0v) is 15.1. The normalized spacial score (nSPS) is 11.8. The van der Waals surface area contributed by atoms with Gasteiger partial charge in [0.15, 0.2) is 0 Å². The summed E-state index contributed by atoms with van der Waals surface area (Å²) in [5.74, 6) is 0. The van der Waals surface area contributed by atoms with Crippen molar-refractivity contribution in [3.63, 3.8) is 0 Å². The number of hydrogen-bond donors (Lipinski definition) is 0. The van der Waals surface area contributed by atoms with E-state index in [1.807, 2.05) is 32.0 Å². The predicted octanol–water partition coefficient (Wildman–Crippen LogP) is 4.16. The minimum absolute atomic E-state index is 0.199. The van der Waals surface area contributed by atoms with Gasteiger partial charge >= 0.3 is 0 Å². The third-order valence-corrected chi connectivity index (χ3v) is 5.17. The van der Waals surface area contributed by atoms with Crippen LogP contribution in [0, 0.1) is 13.8 Å². The Kier molecular flexibility index (Phi) is 3.86. The van der Waals surface area contributed by atoms with Crippen LogP contribution in [0.25, 0.3) is 20.4 Å². The molecule has 0 fully saturated rings. The Labute approximate surface area is 152 Å². The summed E-state index contributed by atoms with van der Waals surface area (Å²) >= 11 is 7.22. The Hall–Kier alpha value is -2.57. The molecule has 25 heavy (non-hydrogen) atoms. The van der Waals surface area contributed by atoms with E-state index in [-0.39, 0.29) is 5.56 Å². The van der Waals surface area contributed by atoms with E-state index in [1.165, 1.54) is 22.3 Å². The summed E-state index contributed by atoms with van der Waals surface area (Å²) in [6.45, 7) is 3.95. The summed E-state index contributed by atoms with van der Waals surface area (Å²) in [7, 11) is 0. The van der Waals surface area contributed by atoms with Crippen LogP contribution < -0.4 is 5.56 Å². The van der Waals surface area contributed by atoms with Crippen LogP contribution in [0.2, 0.25) is 5.02 Å². The van der Waals surface area contributed by atoms with Crippen molar-refractivity contribution < 1.29 is 0 Å². The number of nitrogens with zero attached hydrogens (tertiary/aromatic N) is 4. The fourth-order valence-electron chi connectivity index (χ4n) is 2.72. The molecule has 0 atom stereocenters. The summed E-state index contributed by atoms with van der Waals surface area (Å²) < 4.78 is 1.81. The Bertz CT molecular complexity index is 1190. The van der Waals surface area contributed by atoms with Gasteiger partial charge < -0.3 is 0 Å². The summed E-state index contributed by atoms with van der Waals surface area (Å²) in [5, 5.41) is 5.82. The van der Waals surface area contributed by atoms with Crippen molar-refractivity contribution in [3.05, 3.63) is 68.9 Å². The van der Waals surface area contributed by atoms with Crippen LogP contribution in [0.15, 0.2) is 46.6 Å². The molecule has 124 valence electrons. The second-order valence-electron chi connectivity index (χ2n) is 5.73. The van der Waals surface area contributed by atoms with E-state index >= 15 is 0 Å². The van der Waals surface area contributed by atoms with Gasteiger partial charge in [-0.1, -0.05) is 23.7 Å². The van der Waals surface area contributed by atoms with Crippen LogP contribution >= 0.6 is 22.9 Å². The molecule has 3 aromatic heterocycles. The number of pyridine rings is 1. The smallest absolute Gasteiger partial charge is 0.266 e. The van der Waals surface area contributed by atoms with Crippen molar-refractivity contribution in [2.24, 2.45) is 5.10 Å². The van der Waals surface area contributed by atoms with Crippen molar-refractivity contribution in [2.45, 2.75) is 13.8 Å². The molecule has 5 nitrogen and oxygen atoms in total. The number of aromatic nitrogens is 3. The van der Waals surface area contributed by atoms with Gasteiger partial charge in [-0.05, 0) is 43.2 Å². The fourth-order valence-corrected chi connectivity index (χ4v) is 4.02. The molecule has 0 N–H and O–H groups in total. The molecule has 0 bridgehead atoms. The molecule has 0 radical (unpaired) electrons. The number of fused-ring (bicyclic) bond motifs is 3. The van der Waals surface area contributed by atoms with Gasteiger partial charge in [-0.2, -0.15) is 9.78 Å². The van der Waals surface area contributed by atoms with Gasteiger partial charge in [-0.3, -0.25) is 4.79 Å². The van der Waals surface area contributed by atoms with Gasteiger partial charge in [0.05, 0.1) is 11.7 Å². The molecule has 3 heterocycles. The zero-order chi connectivity index (χ0) is 17.6. The highest BCUT2D eigenvalue weighted by Crippen LogP contribution is 2.31. The number of rotatable bonds is 2. The maximum atomic E-state index is 12.7. The Morgan fingerprint density at radius 3 is 2.76 bits per heavy atom. The highest BCUT2D eigenvalue weighted by Gasteiger charge is 2.14. The molecule has 0 aliphatic carbocycles. The van der Waals surface area contributed by atoms with E-state index in [9.17, 15) is 4.79 Å². The van der Waals surface area contributed by atoms with Crippen LogP contribution in [-0.2, 0) is 0 Å². The summed E-state index contributed by atoms with van der Waals surface area (Å²) in [6, 6.07) is 9.21. The summed E-state index contributed by atoms with van der Waals surface area (Å²) in [6.07, 6.45) is 3.05. The zero-order valence-electron chi connectivity index (χ0n) is 13.5. The lowest BCUT2D eigenvalue weighted by atomic mass is 10.1. The number of halogens is 1. The maximum absolute atomic E-state index is 12.7. The lowest BCUT2D eigenvalue weighted by Crippen LogP contribution is -2.15. The average Bonchev–Trinajstić information content (AvgIpc) is 2.95. The SMILES string of the molecule is Cc1cc(C)c2c(n1)sc1c(=O)n(/N=C\c3ccc(Cl)cc3)cnc12. The average molecular weight is 369 g/mol. The minimum Gasteiger partial charge on any atom is -0.266 e. The van der Waals surface area contributed by atoms with Gasteiger partial charge in [-0.15, -0.1) is 11.3 Å². The van der Waals surface area contributed by atoms with E-state index in [1.54, 1.807) is 18.3 Å². The Balaban J connectivity index is 1.85. The molecule has 0 aliphatic heterocycles. The van der Waals surface area contributed by atoms with Gasteiger partial charge in [0.25, 0.3) is 5.56 Å². The molecular formula is C18H13ClN4OS. The minimum atomic E-state index is -0.199. The molecule has 7 heteroatoms. The first-order chi connectivity index (χ1) is 12.0. The fraction of sp³-hybridized carbons (Fsp3) is 0.111. The van der Waals surface area contributed by atoms with Gasteiger partial charge in [-0.25, -0.2) is 9.97 Å². The molecule has 0 saturated carbocycles. The van der Waals surface area contributed by atoms with Gasteiger partial charge in [0.1, 0.15) is 15.9 Å². The third kappa shape index (κ3) is 2.83. The molecule has 4 aromatic rings. The molecule has 0 spiro atoms. The van der Waals surface area contributed by atoms with Crippen molar-refractivity contribution >= 4 is 49.6 Å². The van der Waals surface area contributed by atoms with E-state index in [4.69, 9.17) is 11.6 Å². The van der Waals surface area contributed by atoms with Crippen molar-refractivity contribution in [1.82, 2.24) is 14.6 Å². The highest BCUT2D eigenvalue weighted by molar-refractivity contribution is 7.25. The van der Waals surface area contributed by atoms with Crippen LogP contribution in [0.1, 0.15) is 16.8 Å². The standard InChI is InChI=1S/C18H13ClN4OS/c1-10-7-11(2)22-17-14(10)15-16(25-17)18(24)23(9-20-15)21-8-12-3-5-13(19)6-4-12/h3-9H,1-2H3/b21-8-. The quantitative estimate of drug-likeness (QED) is 0.499. The first-order valence-electron chi connectivity index (χ1n) is 7.61. The van der Waals surface area contributed by atoms with Crippen molar-refractivity contribution in [3.8, 4) is 0 Å². The Morgan fingerprint density at radius 2 is 2.00 bits per heavy atom. The Morgan fingerprint density at radius 1 is 1.24 bits per heavy atom. The molecule has 0 saturated heterocycles. The third-order valence-electron chi connectivity index (χ3n) is 3.86. The largest absolute Gasteiger partial charge is 0.291 e. The molecule has 0 aliphatic rings. The van der Waals surface area contributed by atoms with E-state index in [0.29, 0.717) is 15.2 Å². The number of benzene rings is 1. The first-order valence-corrected chi connectivity index (χ1v) is 8.80. The van der Waals surface area contributed by atoms with E-state index in [2.05, 4.69) is 15.1 Å². The summed E-state index contributed by atoms with van der Waals surface area (Å²) in [4.78, 5) is 22.5. The van der Waals surface area contributed by atoms with Crippen LogP contribution in [-0.4, -0.2) is 20.9 Å². The molecule has 0 amide bonds. The second kappa shape index (κ2) is 6.06. The molecular weight excluding hydrogens is 356 g/mol. The van der Waals surface area contributed by atoms with Gasteiger partial charge in [0, 0.05) is 16.1 Å². The number of hydrogen-bond acceptors (Lipinski definition) is 5. The molecule has 1 aromatic carbocycles. The maximum Gasteiger partial charge on any atom is 0.291 e.